The Hall–Kier alpha value is -2.25. The summed E-state index contributed by atoms with van der Waals surface area (Å²) in [5.74, 6) is -0.0256. The van der Waals surface area contributed by atoms with Crippen molar-refractivity contribution in [1.82, 2.24) is 24.6 Å². The summed E-state index contributed by atoms with van der Waals surface area (Å²) < 4.78 is 1.76. The molecule has 1 atom stereocenters. The molecule has 1 N–H and O–H groups in total. The number of hydrogen-bond acceptors (Lipinski definition) is 5. The lowest BCUT2D eigenvalue weighted by atomic mass is 9.89. The van der Waals surface area contributed by atoms with Gasteiger partial charge in [0.25, 0.3) is 0 Å². The number of rotatable bonds is 5. The average Bonchev–Trinajstić information content (AvgIpc) is 3.08. The van der Waals surface area contributed by atoms with Crippen LogP contribution in [0.4, 0.5) is 0 Å². The number of β-amino-alcohol motifs (C(OH)–C–C–N with tert-alkyl or cyclic N) is 1. The molecule has 2 aromatic rings. The highest BCUT2D eigenvalue weighted by atomic mass is 16.3. The fraction of sp³-hybridized carbons (Fsp3) is 0.526. The molecule has 1 aromatic heterocycles. The predicted octanol–water partition coefficient (Wildman–Crippen LogP) is 1.38. The lowest BCUT2D eigenvalue weighted by Crippen LogP contribution is -2.50. The second kappa shape index (κ2) is 7.55. The Kier molecular flexibility index (Phi) is 5.38. The second-order valence-electron chi connectivity index (χ2n) is 7.46. The molecule has 3 rings (SSSR count). The number of benzene rings is 1. The molecule has 7 nitrogen and oxygen atoms in total. The molecule has 1 aliphatic heterocycles. The summed E-state index contributed by atoms with van der Waals surface area (Å²) >= 11 is 0. The number of likely N-dealkylation sites (tertiary alicyclic amines) is 1. The normalized spacial score (nSPS) is 20.9. The predicted molar refractivity (Wildman–Crippen MR) is 98.9 cm³/mol. The number of aliphatic hydroxyl groups is 1. The second-order valence-corrected chi connectivity index (χ2v) is 7.46. The average molecular weight is 357 g/mol. The van der Waals surface area contributed by atoms with Crippen molar-refractivity contribution < 1.29 is 9.90 Å². The summed E-state index contributed by atoms with van der Waals surface area (Å²) in [6, 6.07) is 6.28. The zero-order chi connectivity index (χ0) is 18.7. The minimum atomic E-state index is -0.935. The van der Waals surface area contributed by atoms with Crippen molar-refractivity contribution in [3.63, 3.8) is 0 Å². The van der Waals surface area contributed by atoms with Crippen molar-refractivity contribution in [3.8, 4) is 5.69 Å². The first kappa shape index (κ1) is 18.5. The fourth-order valence-electron chi connectivity index (χ4n) is 3.59. The van der Waals surface area contributed by atoms with Gasteiger partial charge in [-0.2, -0.15) is 5.10 Å². The Bertz CT molecular complexity index is 759. The maximum Gasteiger partial charge on any atom is 0.224 e. The molecule has 0 spiro atoms. The van der Waals surface area contributed by atoms with Crippen molar-refractivity contribution in [2.45, 2.75) is 38.3 Å². The van der Waals surface area contributed by atoms with E-state index in [1.54, 1.807) is 30.0 Å². The Morgan fingerprint density at radius 3 is 2.85 bits per heavy atom. The molecule has 1 unspecified atom stereocenters. The topological polar surface area (TPSA) is 74.5 Å². The summed E-state index contributed by atoms with van der Waals surface area (Å²) in [5, 5.41) is 15.0. The molecule has 1 aromatic carbocycles. The van der Waals surface area contributed by atoms with Gasteiger partial charge in [-0.3, -0.25) is 9.69 Å². The highest BCUT2D eigenvalue weighted by Crippen LogP contribution is 2.26. The van der Waals surface area contributed by atoms with E-state index in [2.05, 4.69) is 34.0 Å². The molecule has 26 heavy (non-hydrogen) atoms. The fourth-order valence-corrected chi connectivity index (χ4v) is 3.59. The van der Waals surface area contributed by atoms with Crippen LogP contribution in [0.5, 0.6) is 0 Å². The van der Waals surface area contributed by atoms with E-state index in [1.165, 1.54) is 11.9 Å². The first-order valence-electron chi connectivity index (χ1n) is 8.96. The number of hydrogen-bond donors (Lipinski definition) is 1. The number of piperidine rings is 1. The quantitative estimate of drug-likeness (QED) is 0.875. The van der Waals surface area contributed by atoms with Gasteiger partial charge in [-0.15, -0.1) is 0 Å². The zero-order valence-electron chi connectivity index (χ0n) is 15.7. The van der Waals surface area contributed by atoms with Gasteiger partial charge in [-0.1, -0.05) is 12.1 Å². The molecule has 2 heterocycles. The molecular weight excluding hydrogens is 330 g/mol. The van der Waals surface area contributed by atoms with E-state index in [0.29, 0.717) is 13.0 Å². The van der Waals surface area contributed by atoms with Crippen LogP contribution < -0.4 is 0 Å². The number of carbonyl (C=O) groups excluding carboxylic acids is 1. The van der Waals surface area contributed by atoms with Crippen LogP contribution >= 0.6 is 0 Å². The van der Waals surface area contributed by atoms with Crippen LogP contribution in [0, 0.1) is 6.92 Å². The van der Waals surface area contributed by atoms with Gasteiger partial charge in [0.1, 0.15) is 12.7 Å². The third kappa shape index (κ3) is 4.28. The van der Waals surface area contributed by atoms with Gasteiger partial charge in [-0.05, 0) is 43.5 Å². The number of carbonyl (C=O) groups is 1. The van der Waals surface area contributed by atoms with Crippen LogP contribution in [0.25, 0.3) is 5.69 Å². The number of nitrogens with zero attached hydrogens (tertiary/aromatic N) is 5. The molecule has 0 saturated carbocycles. The van der Waals surface area contributed by atoms with E-state index in [-0.39, 0.29) is 12.3 Å². The Morgan fingerprint density at radius 2 is 2.19 bits per heavy atom. The molecular formula is C19H27N5O2. The molecule has 1 saturated heterocycles. The van der Waals surface area contributed by atoms with E-state index in [0.717, 1.165) is 30.8 Å². The summed E-state index contributed by atoms with van der Waals surface area (Å²) in [5.41, 5.74) is 2.39. The Balaban J connectivity index is 1.67. The van der Waals surface area contributed by atoms with E-state index in [9.17, 15) is 9.90 Å². The maximum absolute atomic E-state index is 12.0. The Labute approximate surface area is 154 Å². The van der Waals surface area contributed by atoms with E-state index < -0.39 is 5.60 Å². The van der Waals surface area contributed by atoms with Gasteiger partial charge in [0.05, 0.1) is 17.7 Å². The number of aromatic nitrogens is 3. The third-order valence-electron chi connectivity index (χ3n) is 4.95. The van der Waals surface area contributed by atoms with E-state index >= 15 is 0 Å². The first-order chi connectivity index (χ1) is 12.4. The van der Waals surface area contributed by atoms with Crippen LogP contribution in [0.2, 0.25) is 0 Å². The lowest BCUT2D eigenvalue weighted by Gasteiger charge is -2.39. The molecule has 7 heteroatoms. The largest absolute Gasteiger partial charge is 0.388 e. The smallest absolute Gasteiger partial charge is 0.224 e. The molecule has 0 radical (unpaired) electrons. The van der Waals surface area contributed by atoms with E-state index in [1.807, 2.05) is 6.07 Å². The Morgan fingerprint density at radius 1 is 1.38 bits per heavy atom. The highest BCUT2D eigenvalue weighted by Gasteiger charge is 2.35. The molecule has 1 aliphatic rings. The summed E-state index contributed by atoms with van der Waals surface area (Å²) in [7, 11) is 3.46. The molecule has 0 aliphatic carbocycles. The highest BCUT2D eigenvalue weighted by molar-refractivity contribution is 5.76. The summed E-state index contributed by atoms with van der Waals surface area (Å²) in [4.78, 5) is 19.8. The van der Waals surface area contributed by atoms with Crippen LogP contribution in [-0.4, -0.2) is 68.4 Å². The van der Waals surface area contributed by atoms with Crippen LogP contribution in [0.15, 0.2) is 30.9 Å². The van der Waals surface area contributed by atoms with Crippen molar-refractivity contribution in [2.75, 3.05) is 27.2 Å². The van der Waals surface area contributed by atoms with Crippen LogP contribution in [-0.2, 0) is 11.3 Å². The lowest BCUT2D eigenvalue weighted by molar-refractivity contribution is -0.136. The van der Waals surface area contributed by atoms with Crippen molar-refractivity contribution in [2.24, 2.45) is 0 Å². The SMILES string of the molecule is Cc1cc(CN2CCCC(O)(CC(=O)N(C)C)C2)ccc1-n1cncn1. The number of aryl methyl sites for hydroxylation is 1. The van der Waals surface area contributed by atoms with Crippen LogP contribution in [0.1, 0.15) is 30.4 Å². The van der Waals surface area contributed by atoms with Gasteiger partial charge < -0.3 is 10.0 Å². The number of amides is 1. The van der Waals surface area contributed by atoms with Gasteiger partial charge >= 0.3 is 0 Å². The van der Waals surface area contributed by atoms with Gasteiger partial charge in [0.15, 0.2) is 0 Å². The van der Waals surface area contributed by atoms with Crippen molar-refractivity contribution in [3.05, 3.63) is 42.0 Å². The van der Waals surface area contributed by atoms with Crippen molar-refractivity contribution in [1.29, 1.82) is 0 Å². The third-order valence-corrected chi connectivity index (χ3v) is 4.95. The summed E-state index contributed by atoms with van der Waals surface area (Å²) in [6.07, 6.45) is 4.97. The van der Waals surface area contributed by atoms with Crippen LogP contribution in [0.3, 0.4) is 0 Å². The maximum atomic E-state index is 12.0. The molecule has 140 valence electrons. The standard InChI is InChI=1S/C19H27N5O2/c1-15-9-16(5-6-17(15)24-14-20-13-21-24)11-23-8-4-7-19(26,12-23)10-18(25)22(2)3/h5-6,9,13-14,26H,4,7-8,10-12H2,1-3H3. The monoisotopic (exact) mass is 357 g/mol. The molecule has 1 fully saturated rings. The van der Waals surface area contributed by atoms with E-state index in [4.69, 9.17) is 0 Å². The van der Waals surface area contributed by atoms with Gasteiger partial charge in [-0.25, -0.2) is 9.67 Å². The molecule has 1 amide bonds. The van der Waals surface area contributed by atoms with Gasteiger partial charge in [0.2, 0.25) is 5.91 Å². The summed E-state index contributed by atoms with van der Waals surface area (Å²) in [6.45, 7) is 4.28. The minimum Gasteiger partial charge on any atom is -0.388 e. The minimum absolute atomic E-state index is 0.0256. The van der Waals surface area contributed by atoms with Gasteiger partial charge in [0, 0.05) is 27.2 Å². The zero-order valence-corrected chi connectivity index (χ0v) is 15.7. The van der Waals surface area contributed by atoms with Crippen molar-refractivity contribution >= 4 is 5.91 Å². The molecule has 0 bridgehead atoms. The first-order valence-corrected chi connectivity index (χ1v) is 8.96.